The molecule has 0 unspecified atom stereocenters. The fourth-order valence-electron chi connectivity index (χ4n) is 3.55. The van der Waals surface area contributed by atoms with E-state index in [1.165, 1.54) is 43.8 Å². The molecule has 2 N–H and O–H groups in total. The molecule has 9 heteroatoms. The summed E-state index contributed by atoms with van der Waals surface area (Å²) in [5.41, 5.74) is 1.76. The van der Waals surface area contributed by atoms with Crippen molar-refractivity contribution in [3.8, 4) is 5.88 Å². The van der Waals surface area contributed by atoms with E-state index in [-0.39, 0.29) is 11.1 Å². The highest BCUT2D eigenvalue weighted by Gasteiger charge is 2.30. The molecule has 0 aliphatic heterocycles. The van der Waals surface area contributed by atoms with Crippen molar-refractivity contribution in [2.24, 2.45) is 0 Å². The van der Waals surface area contributed by atoms with Crippen LogP contribution in [0.2, 0.25) is 5.02 Å². The first kappa shape index (κ1) is 20.0. The normalized spacial score (nSPS) is 14.9. The van der Waals surface area contributed by atoms with E-state index in [0.717, 1.165) is 0 Å². The molecule has 30 heavy (non-hydrogen) atoms. The summed E-state index contributed by atoms with van der Waals surface area (Å²) in [6, 6.07) is 7.89. The number of benzene rings is 2. The summed E-state index contributed by atoms with van der Waals surface area (Å²) in [7, 11) is 1.50. The number of fused-ring (bicyclic) bond motifs is 1. The standard InChI is InChI=1S/C21H17ClF2N4O2/c1-30-19-9-18(25-10-26-19)28-17-7-4-12-13(3-6-16(24)20(12)17)21(29)27-11-2-5-15(23)14(22)8-11/h2-3,5-6,8-10,17H,4,7H2,1H3,(H,27,29)(H,25,26,28)/t17-/m0/s1. The van der Waals surface area contributed by atoms with Crippen molar-refractivity contribution in [1.82, 2.24) is 9.97 Å². The van der Waals surface area contributed by atoms with E-state index >= 15 is 0 Å². The van der Waals surface area contributed by atoms with E-state index in [0.29, 0.717) is 46.9 Å². The first-order valence-electron chi connectivity index (χ1n) is 9.16. The number of nitrogens with one attached hydrogen (secondary N) is 2. The summed E-state index contributed by atoms with van der Waals surface area (Å²) in [6.07, 6.45) is 2.45. The highest BCUT2D eigenvalue weighted by atomic mass is 35.5. The summed E-state index contributed by atoms with van der Waals surface area (Å²) in [6.45, 7) is 0. The van der Waals surface area contributed by atoms with Crippen molar-refractivity contribution >= 4 is 29.0 Å². The Morgan fingerprint density at radius 1 is 1.17 bits per heavy atom. The van der Waals surface area contributed by atoms with Gasteiger partial charge < -0.3 is 15.4 Å². The Morgan fingerprint density at radius 3 is 2.73 bits per heavy atom. The molecule has 3 aromatic rings. The Kier molecular flexibility index (Phi) is 5.50. The second-order valence-electron chi connectivity index (χ2n) is 6.75. The molecule has 0 fully saturated rings. The molecule has 1 aliphatic rings. The molecule has 1 aromatic heterocycles. The van der Waals surface area contributed by atoms with E-state index in [4.69, 9.17) is 16.3 Å². The van der Waals surface area contributed by atoms with Crippen LogP contribution in [0.1, 0.15) is 33.9 Å². The molecular formula is C21H17ClF2N4O2. The van der Waals surface area contributed by atoms with Gasteiger partial charge in [0.15, 0.2) is 0 Å². The van der Waals surface area contributed by atoms with Gasteiger partial charge in [0.25, 0.3) is 5.91 Å². The Hall–Kier alpha value is -3.26. The monoisotopic (exact) mass is 430 g/mol. The molecule has 0 spiro atoms. The zero-order valence-electron chi connectivity index (χ0n) is 15.9. The molecule has 2 aromatic carbocycles. The van der Waals surface area contributed by atoms with Crippen LogP contribution in [0.25, 0.3) is 0 Å². The summed E-state index contributed by atoms with van der Waals surface area (Å²) in [5.74, 6) is -0.513. The van der Waals surface area contributed by atoms with Crippen molar-refractivity contribution in [1.29, 1.82) is 0 Å². The number of amides is 1. The average Bonchev–Trinajstić information content (AvgIpc) is 3.15. The maximum Gasteiger partial charge on any atom is 0.255 e. The van der Waals surface area contributed by atoms with E-state index in [1.807, 2.05) is 0 Å². The quantitative estimate of drug-likeness (QED) is 0.610. The molecule has 0 saturated heterocycles. The first-order chi connectivity index (χ1) is 14.5. The summed E-state index contributed by atoms with van der Waals surface area (Å²) < 4.78 is 33.1. The van der Waals surface area contributed by atoms with Gasteiger partial charge in [-0.25, -0.2) is 18.7 Å². The van der Waals surface area contributed by atoms with Gasteiger partial charge in [-0.05, 0) is 48.7 Å². The smallest absolute Gasteiger partial charge is 0.255 e. The molecule has 0 radical (unpaired) electrons. The van der Waals surface area contributed by atoms with Crippen LogP contribution in [-0.2, 0) is 6.42 Å². The van der Waals surface area contributed by atoms with E-state index < -0.39 is 17.5 Å². The molecular weight excluding hydrogens is 414 g/mol. The second-order valence-corrected chi connectivity index (χ2v) is 7.16. The zero-order chi connectivity index (χ0) is 21.3. The SMILES string of the molecule is COc1cc(N[C@H]2CCc3c(C(=O)Nc4ccc(F)c(Cl)c4)ccc(F)c32)ncn1. The number of rotatable bonds is 5. The third-order valence-corrected chi connectivity index (χ3v) is 5.22. The lowest BCUT2D eigenvalue weighted by Gasteiger charge is -2.16. The Balaban J connectivity index is 1.60. The molecule has 154 valence electrons. The second kappa shape index (κ2) is 8.23. The highest BCUT2D eigenvalue weighted by Crippen LogP contribution is 2.38. The molecule has 1 amide bonds. The van der Waals surface area contributed by atoms with Crippen molar-refractivity contribution < 1.29 is 18.3 Å². The third-order valence-electron chi connectivity index (χ3n) is 4.93. The van der Waals surface area contributed by atoms with Gasteiger partial charge in [0, 0.05) is 22.9 Å². The van der Waals surface area contributed by atoms with E-state index in [1.54, 1.807) is 6.07 Å². The van der Waals surface area contributed by atoms with Crippen LogP contribution < -0.4 is 15.4 Å². The molecule has 0 bridgehead atoms. The molecule has 6 nitrogen and oxygen atoms in total. The molecule has 1 aliphatic carbocycles. The Labute approximate surface area is 176 Å². The Morgan fingerprint density at radius 2 is 1.97 bits per heavy atom. The average molecular weight is 431 g/mol. The fraction of sp³-hybridized carbons (Fsp3) is 0.190. The van der Waals surface area contributed by atoms with Crippen molar-refractivity contribution in [2.75, 3.05) is 17.7 Å². The van der Waals surface area contributed by atoms with Crippen molar-refractivity contribution in [3.05, 3.63) is 76.1 Å². The summed E-state index contributed by atoms with van der Waals surface area (Å²) in [4.78, 5) is 20.9. The minimum absolute atomic E-state index is 0.0957. The Bertz CT molecular complexity index is 1130. The third kappa shape index (κ3) is 3.91. The lowest BCUT2D eigenvalue weighted by Crippen LogP contribution is -2.16. The van der Waals surface area contributed by atoms with Crippen LogP contribution in [-0.4, -0.2) is 23.0 Å². The number of methoxy groups -OCH3 is 1. The van der Waals surface area contributed by atoms with Crippen LogP contribution in [0.3, 0.4) is 0 Å². The number of aromatic nitrogens is 2. The van der Waals surface area contributed by atoms with Crippen LogP contribution in [0.15, 0.2) is 42.7 Å². The topological polar surface area (TPSA) is 76.1 Å². The maximum absolute atomic E-state index is 14.7. The molecule has 4 rings (SSSR count). The summed E-state index contributed by atoms with van der Waals surface area (Å²) in [5, 5.41) is 5.77. The van der Waals surface area contributed by atoms with Crippen LogP contribution >= 0.6 is 11.6 Å². The van der Waals surface area contributed by atoms with Gasteiger partial charge in [0.05, 0.1) is 18.2 Å². The number of ether oxygens (including phenoxy) is 1. The minimum atomic E-state index is -0.576. The zero-order valence-corrected chi connectivity index (χ0v) is 16.6. The first-order valence-corrected chi connectivity index (χ1v) is 9.54. The molecule has 1 atom stereocenters. The molecule has 1 heterocycles. The fourth-order valence-corrected chi connectivity index (χ4v) is 3.73. The van der Waals surface area contributed by atoms with Crippen LogP contribution in [0.5, 0.6) is 5.88 Å². The van der Waals surface area contributed by atoms with Crippen molar-refractivity contribution in [3.63, 3.8) is 0 Å². The largest absolute Gasteiger partial charge is 0.481 e. The number of hydrogen-bond acceptors (Lipinski definition) is 5. The van der Waals surface area contributed by atoms with Gasteiger partial charge in [-0.15, -0.1) is 0 Å². The highest BCUT2D eigenvalue weighted by molar-refractivity contribution is 6.31. The summed E-state index contributed by atoms with van der Waals surface area (Å²) >= 11 is 5.77. The number of carbonyl (C=O) groups excluding carboxylic acids is 1. The van der Waals surface area contributed by atoms with Crippen LogP contribution in [0.4, 0.5) is 20.3 Å². The van der Waals surface area contributed by atoms with Crippen molar-refractivity contribution in [2.45, 2.75) is 18.9 Å². The lowest BCUT2D eigenvalue weighted by molar-refractivity contribution is 0.102. The van der Waals surface area contributed by atoms with Gasteiger partial charge in [0.2, 0.25) is 5.88 Å². The van der Waals surface area contributed by atoms with Gasteiger partial charge in [-0.1, -0.05) is 11.6 Å². The number of anilines is 2. The minimum Gasteiger partial charge on any atom is -0.481 e. The van der Waals surface area contributed by atoms with Gasteiger partial charge in [-0.3, -0.25) is 4.79 Å². The predicted octanol–water partition coefficient (Wildman–Crippen LogP) is 4.77. The van der Waals surface area contributed by atoms with E-state index in [9.17, 15) is 13.6 Å². The van der Waals surface area contributed by atoms with Gasteiger partial charge in [-0.2, -0.15) is 0 Å². The number of carbonyl (C=O) groups is 1. The van der Waals surface area contributed by atoms with Gasteiger partial charge >= 0.3 is 0 Å². The number of hydrogen-bond donors (Lipinski definition) is 2. The number of nitrogens with zero attached hydrogens (tertiary/aromatic N) is 2. The van der Waals surface area contributed by atoms with E-state index in [2.05, 4.69) is 20.6 Å². The number of halogens is 3. The lowest BCUT2D eigenvalue weighted by atomic mass is 10.0. The maximum atomic E-state index is 14.7. The van der Waals surface area contributed by atoms with Gasteiger partial charge in [0.1, 0.15) is 23.8 Å². The molecule has 0 saturated carbocycles. The van der Waals surface area contributed by atoms with Crippen LogP contribution in [0, 0.1) is 11.6 Å². The predicted molar refractivity (Wildman–Crippen MR) is 109 cm³/mol.